The Morgan fingerprint density at radius 1 is 0.952 bits per heavy atom. The predicted molar refractivity (Wildman–Crippen MR) is 87.1 cm³/mol. The third kappa shape index (κ3) is 2.81. The zero-order chi connectivity index (χ0) is 15.8. The summed E-state index contributed by atoms with van der Waals surface area (Å²) in [5, 5.41) is 11.2. The van der Waals surface area contributed by atoms with E-state index in [1.165, 1.54) is 0 Å². The summed E-state index contributed by atoms with van der Waals surface area (Å²) < 4.78 is 5.57. The lowest BCUT2D eigenvalue weighted by molar-refractivity contribution is 0.0987. The van der Waals surface area contributed by atoms with E-state index in [1.54, 1.807) is 7.11 Å². The maximum Gasteiger partial charge on any atom is 0.128 e. The van der Waals surface area contributed by atoms with E-state index in [4.69, 9.17) is 4.74 Å². The molecule has 0 aliphatic rings. The number of rotatable bonds is 3. The Hall–Kier alpha value is -1.80. The van der Waals surface area contributed by atoms with Gasteiger partial charge < -0.3 is 9.84 Å². The third-order valence-electron chi connectivity index (χ3n) is 4.19. The first-order valence-electron chi connectivity index (χ1n) is 7.23. The lowest BCUT2D eigenvalue weighted by atomic mass is 9.84. The van der Waals surface area contributed by atoms with E-state index >= 15 is 0 Å². The molecule has 0 bridgehead atoms. The number of methoxy groups -OCH3 is 1. The van der Waals surface area contributed by atoms with Crippen molar-refractivity contribution >= 4 is 0 Å². The van der Waals surface area contributed by atoms with Crippen LogP contribution in [0.25, 0.3) is 0 Å². The highest BCUT2D eigenvalue weighted by molar-refractivity contribution is 5.51. The molecule has 1 unspecified atom stereocenters. The molecule has 0 aliphatic heterocycles. The van der Waals surface area contributed by atoms with Gasteiger partial charge in [-0.25, -0.2) is 0 Å². The van der Waals surface area contributed by atoms with Crippen molar-refractivity contribution in [2.75, 3.05) is 7.11 Å². The molecule has 0 aliphatic carbocycles. The molecule has 2 nitrogen and oxygen atoms in total. The van der Waals surface area contributed by atoms with E-state index in [9.17, 15) is 5.11 Å². The van der Waals surface area contributed by atoms with E-state index < -0.39 is 5.60 Å². The minimum atomic E-state index is -1.08. The van der Waals surface area contributed by atoms with E-state index in [0.717, 1.165) is 39.1 Å². The normalized spacial score (nSPS) is 13.9. The average Bonchev–Trinajstić information content (AvgIpc) is 2.40. The molecule has 0 fully saturated rings. The van der Waals surface area contributed by atoms with Gasteiger partial charge in [-0.05, 0) is 51.3 Å². The molecule has 2 rings (SSSR count). The minimum absolute atomic E-state index is 0.763. The van der Waals surface area contributed by atoms with Crippen LogP contribution in [0.1, 0.15) is 40.3 Å². The van der Waals surface area contributed by atoms with Crippen LogP contribution in [0.15, 0.2) is 30.3 Å². The van der Waals surface area contributed by atoms with Crippen molar-refractivity contribution < 1.29 is 9.84 Å². The van der Waals surface area contributed by atoms with Gasteiger partial charge in [0.2, 0.25) is 0 Å². The third-order valence-corrected chi connectivity index (χ3v) is 4.19. The average molecular weight is 284 g/mol. The summed E-state index contributed by atoms with van der Waals surface area (Å²) in [6.45, 7) is 9.99. The lowest BCUT2D eigenvalue weighted by Gasteiger charge is -2.28. The molecule has 0 radical (unpaired) electrons. The maximum absolute atomic E-state index is 11.2. The summed E-state index contributed by atoms with van der Waals surface area (Å²) in [5.41, 5.74) is 5.13. The van der Waals surface area contributed by atoms with Gasteiger partial charge in [-0.15, -0.1) is 0 Å². The fraction of sp³-hybridized carbons (Fsp3) is 0.368. The SMILES string of the molecule is COc1c(C(C)(O)c2cc(C)cc(C)c2)ccc(C)c1C. The van der Waals surface area contributed by atoms with Crippen LogP contribution in [-0.4, -0.2) is 12.2 Å². The van der Waals surface area contributed by atoms with Gasteiger partial charge in [0.15, 0.2) is 0 Å². The van der Waals surface area contributed by atoms with Crippen molar-refractivity contribution in [3.63, 3.8) is 0 Å². The molecule has 0 saturated carbocycles. The second-order valence-corrected chi connectivity index (χ2v) is 6.04. The molecule has 2 aromatic carbocycles. The van der Waals surface area contributed by atoms with Crippen molar-refractivity contribution in [1.29, 1.82) is 0 Å². The number of aryl methyl sites for hydroxylation is 3. The first-order valence-corrected chi connectivity index (χ1v) is 7.23. The van der Waals surface area contributed by atoms with Gasteiger partial charge in [-0.3, -0.25) is 0 Å². The Bertz CT molecular complexity index is 649. The number of hydrogen-bond acceptors (Lipinski definition) is 2. The van der Waals surface area contributed by atoms with E-state index in [2.05, 4.69) is 6.07 Å². The van der Waals surface area contributed by atoms with Crippen LogP contribution >= 0.6 is 0 Å². The molecule has 0 aromatic heterocycles. The first kappa shape index (κ1) is 15.6. The Balaban J connectivity index is 2.66. The molecular formula is C19H24O2. The Morgan fingerprint density at radius 3 is 2.05 bits per heavy atom. The quantitative estimate of drug-likeness (QED) is 0.916. The first-order chi connectivity index (χ1) is 9.77. The molecular weight excluding hydrogens is 260 g/mol. The topological polar surface area (TPSA) is 29.5 Å². The van der Waals surface area contributed by atoms with Crippen molar-refractivity contribution in [2.45, 2.75) is 40.2 Å². The standard InChI is InChI=1S/C19H24O2/c1-12-9-13(2)11-16(10-12)19(5,20)17-8-7-14(3)15(4)18(17)21-6/h7-11,20H,1-6H3. The van der Waals surface area contributed by atoms with E-state index in [-0.39, 0.29) is 0 Å². The molecule has 0 heterocycles. The zero-order valence-electron chi connectivity index (χ0n) is 13.7. The lowest BCUT2D eigenvalue weighted by Crippen LogP contribution is -2.24. The molecule has 21 heavy (non-hydrogen) atoms. The minimum Gasteiger partial charge on any atom is -0.496 e. The second kappa shape index (κ2) is 5.53. The van der Waals surface area contributed by atoms with Crippen LogP contribution in [0.3, 0.4) is 0 Å². The van der Waals surface area contributed by atoms with Gasteiger partial charge in [0, 0.05) is 5.56 Å². The summed E-state index contributed by atoms with van der Waals surface area (Å²) in [6, 6.07) is 10.2. The summed E-state index contributed by atoms with van der Waals surface area (Å²) in [4.78, 5) is 0. The summed E-state index contributed by atoms with van der Waals surface area (Å²) in [7, 11) is 1.66. The van der Waals surface area contributed by atoms with Gasteiger partial charge >= 0.3 is 0 Å². The van der Waals surface area contributed by atoms with Gasteiger partial charge in [0.1, 0.15) is 11.4 Å². The van der Waals surface area contributed by atoms with Gasteiger partial charge in [0.25, 0.3) is 0 Å². The van der Waals surface area contributed by atoms with Crippen LogP contribution in [0.2, 0.25) is 0 Å². The van der Waals surface area contributed by atoms with Crippen LogP contribution in [0, 0.1) is 27.7 Å². The summed E-state index contributed by atoms with van der Waals surface area (Å²) in [6.07, 6.45) is 0. The van der Waals surface area contributed by atoms with E-state index in [1.807, 2.05) is 58.9 Å². The molecule has 0 spiro atoms. The highest BCUT2D eigenvalue weighted by atomic mass is 16.5. The highest BCUT2D eigenvalue weighted by Crippen LogP contribution is 2.38. The van der Waals surface area contributed by atoms with E-state index in [0.29, 0.717) is 0 Å². The molecule has 2 aromatic rings. The number of benzene rings is 2. The molecule has 2 heteroatoms. The van der Waals surface area contributed by atoms with Crippen LogP contribution in [0.4, 0.5) is 0 Å². The fourth-order valence-corrected chi connectivity index (χ4v) is 2.85. The summed E-state index contributed by atoms with van der Waals surface area (Å²) in [5.74, 6) is 0.763. The Kier molecular flexibility index (Phi) is 4.11. The summed E-state index contributed by atoms with van der Waals surface area (Å²) >= 11 is 0. The Morgan fingerprint density at radius 2 is 1.52 bits per heavy atom. The fourth-order valence-electron chi connectivity index (χ4n) is 2.85. The predicted octanol–water partition coefficient (Wildman–Crippen LogP) is 4.18. The van der Waals surface area contributed by atoms with Gasteiger partial charge in [-0.2, -0.15) is 0 Å². The zero-order valence-corrected chi connectivity index (χ0v) is 13.7. The highest BCUT2D eigenvalue weighted by Gasteiger charge is 2.30. The van der Waals surface area contributed by atoms with Crippen molar-refractivity contribution in [2.24, 2.45) is 0 Å². The maximum atomic E-state index is 11.2. The van der Waals surface area contributed by atoms with Crippen molar-refractivity contribution in [3.05, 3.63) is 63.7 Å². The van der Waals surface area contributed by atoms with Crippen LogP contribution < -0.4 is 4.74 Å². The number of hydrogen-bond donors (Lipinski definition) is 1. The van der Waals surface area contributed by atoms with Crippen molar-refractivity contribution in [3.8, 4) is 5.75 Å². The van der Waals surface area contributed by atoms with Gasteiger partial charge in [-0.1, -0.05) is 41.5 Å². The molecule has 0 amide bonds. The molecule has 1 atom stereocenters. The Labute approximate surface area is 127 Å². The number of aliphatic hydroxyl groups is 1. The largest absolute Gasteiger partial charge is 0.496 e. The molecule has 0 saturated heterocycles. The molecule has 112 valence electrons. The van der Waals surface area contributed by atoms with Crippen LogP contribution in [-0.2, 0) is 5.60 Å². The molecule has 1 N–H and O–H groups in total. The van der Waals surface area contributed by atoms with Crippen molar-refractivity contribution in [1.82, 2.24) is 0 Å². The number of ether oxygens (including phenoxy) is 1. The van der Waals surface area contributed by atoms with Gasteiger partial charge in [0.05, 0.1) is 7.11 Å². The second-order valence-electron chi connectivity index (χ2n) is 6.04. The van der Waals surface area contributed by atoms with Crippen LogP contribution in [0.5, 0.6) is 5.75 Å². The monoisotopic (exact) mass is 284 g/mol. The smallest absolute Gasteiger partial charge is 0.128 e.